The van der Waals surface area contributed by atoms with Crippen molar-refractivity contribution in [3.63, 3.8) is 0 Å². The van der Waals surface area contributed by atoms with E-state index in [0.29, 0.717) is 18.1 Å². The summed E-state index contributed by atoms with van der Waals surface area (Å²) in [6, 6.07) is 9.40. The van der Waals surface area contributed by atoms with Gasteiger partial charge in [0.15, 0.2) is 0 Å². The van der Waals surface area contributed by atoms with E-state index in [4.69, 9.17) is 30.2 Å². The molecule has 2 aromatic carbocycles. The van der Waals surface area contributed by atoms with Crippen molar-refractivity contribution in [2.45, 2.75) is 20.0 Å². The first-order valence-electron chi connectivity index (χ1n) is 10.9. The van der Waals surface area contributed by atoms with E-state index in [1.54, 1.807) is 19.1 Å². The van der Waals surface area contributed by atoms with Crippen LogP contribution in [0.2, 0.25) is 5.02 Å². The van der Waals surface area contributed by atoms with Gasteiger partial charge < -0.3 is 28.8 Å². The minimum absolute atomic E-state index is 0.0669. The van der Waals surface area contributed by atoms with Gasteiger partial charge in [-0.25, -0.2) is 9.37 Å². The Morgan fingerprint density at radius 2 is 1.64 bits per heavy atom. The fourth-order valence-corrected chi connectivity index (χ4v) is 3.83. The van der Waals surface area contributed by atoms with Crippen molar-refractivity contribution < 1.29 is 33.2 Å². The maximum absolute atomic E-state index is 14.2. The van der Waals surface area contributed by atoms with Gasteiger partial charge in [0.05, 0.1) is 44.1 Å². The van der Waals surface area contributed by atoms with Crippen LogP contribution in [-0.2, 0) is 17.8 Å². The molecule has 9 nitrogen and oxygen atoms in total. The Bertz CT molecular complexity index is 1350. The molecule has 2 heterocycles. The lowest BCUT2D eigenvalue weighted by Gasteiger charge is -2.19. The third-order valence-corrected chi connectivity index (χ3v) is 5.59. The van der Waals surface area contributed by atoms with Crippen LogP contribution >= 0.6 is 11.6 Å². The van der Waals surface area contributed by atoms with E-state index in [9.17, 15) is 14.6 Å². The Morgan fingerprint density at radius 3 is 2.25 bits per heavy atom. The molecule has 2 N–H and O–H groups in total. The van der Waals surface area contributed by atoms with Crippen LogP contribution in [0, 0.1) is 5.82 Å². The van der Waals surface area contributed by atoms with Crippen molar-refractivity contribution in [2.24, 2.45) is 0 Å². The highest BCUT2D eigenvalue weighted by Gasteiger charge is 2.29. The summed E-state index contributed by atoms with van der Waals surface area (Å²) in [5.74, 6) is -1.36. The number of methoxy groups -OCH3 is 2. The second kappa shape index (κ2) is 10.8. The second-order valence-corrected chi connectivity index (χ2v) is 8.04. The Morgan fingerprint density at radius 1 is 0.972 bits per heavy atom. The third-order valence-electron chi connectivity index (χ3n) is 5.34. The van der Waals surface area contributed by atoms with Gasteiger partial charge in [-0.05, 0) is 24.6 Å². The van der Waals surface area contributed by atoms with Gasteiger partial charge in [0.25, 0.3) is 5.89 Å². The molecule has 4 rings (SSSR count). The maximum Gasteiger partial charge on any atom is 0.257 e. The van der Waals surface area contributed by atoms with E-state index in [0.717, 1.165) is 17.7 Å². The molecule has 0 amide bonds. The highest BCUT2D eigenvalue weighted by Crippen LogP contribution is 2.49. The molecule has 0 aliphatic heterocycles. The first-order valence-corrected chi connectivity index (χ1v) is 11.3. The number of hydrogen-bond acceptors (Lipinski definition) is 9. The lowest BCUT2D eigenvalue weighted by atomic mass is 9.97. The summed E-state index contributed by atoms with van der Waals surface area (Å²) in [6.45, 7) is 2.07. The average Bonchev–Trinajstić information content (AvgIpc) is 3.31. The summed E-state index contributed by atoms with van der Waals surface area (Å²) in [5.41, 5.74) is 1.15. The molecular formula is C25H23ClFN3O6. The molecule has 0 saturated carbocycles. The quantitative estimate of drug-likeness (QED) is 0.312. The van der Waals surface area contributed by atoms with E-state index in [1.165, 1.54) is 14.2 Å². The van der Waals surface area contributed by atoms with Gasteiger partial charge in [0.1, 0.15) is 28.6 Å². The monoisotopic (exact) mass is 515 g/mol. The van der Waals surface area contributed by atoms with Crippen LogP contribution in [0.25, 0.3) is 22.6 Å². The molecule has 0 unspecified atom stereocenters. The molecule has 0 aliphatic carbocycles. The number of aromatic nitrogens is 3. The van der Waals surface area contributed by atoms with Crippen LogP contribution in [0.4, 0.5) is 4.39 Å². The van der Waals surface area contributed by atoms with Gasteiger partial charge in [0, 0.05) is 23.8 Å². The zero-order chi connectivity index (χ0) is 25.8. The largest absolute Gasteiger partial charge is 0.506 e. The maximum atomic E-state index is 14.2. The summed E-state index contributed by atoms with van der Waals surface area (Å²) < 4.78 is 36.1. The van der Waals surface area contributed by atoms with Crippen molar-refractivity contribution in [1.82, 2.24) is 15.2 Å². The molecule has 188 valence electrons. The number of nitrogens with zero attached hydrogens (tertiary/aromatic N) is 3. The SMILES string of the molecule is CCOCc1nc(O)c(-c2nnc(Cc3ccc(Cl)cc3)o2)c(O)c1-c1c(OC)cc(F)cc1OC. The van der Waals surface area contributed by atoms with Crippen LogP contribution in [0.5, 0.6) is 23.1 Å². The van der Waals surface area contributed by atoms with Crippen LogP contribution in [0.1, 0.15) is 24.1 Å². The van der Waals surface area contributed by atoms with Crippen molar-refractivity contribution in [2.75, 3.05) is 20.8 Å². The number of pyridine rings is 1. The lowest BCUT2D eigenvalue weighted by molar-refractivity contribution is 0.131. The standard InChI is InChI=1S/C25H23ClFN3O6/c1-4-35-12-16-20(21-17(33-2)10-15(27)11-18(21)34-3)23(31)22(24(32)28-16)25-30-29-19(36-25)9-13-5-7-14(26)8-6-13/h5-8,10-11H,4,9,12H2,1-3H3,(H2,28,31,32). The number of rotatable bonds is 9. The van der Waals surface area contributed by atoms with Gasteiger partial charge in [-0.3, -0.25) is 0 Å². The van der Waals surface area contributed by atoms with Gasteiger partial charge in [0.2, 0.25) is 11.8 Å². The molecule has 0 atom stereocenters. The topological polar surface area (TPSA) is 120 Å². The number of aromatic hydroxyl groups is 2. The van der Waals surface area contributed by atoms with Crippen molar-refractivity contribution in [1.29, 1.82) is 0 Å². The Labute approximate surface area is 211 Å². The molecule has 0 bridgehead atoms. The molecule has 11 heteroatoms. The lowest BCUT2D eigenvalue weighted by Crippen LogP contribution is -2.04. The van der Waals surface area contributed by atoms with Crippen LogP contribution < -0.4 is 9.47 Å². The summed E-state index contributed by atoms with van der Waals surface area (Å²) in [4.78, 5) is 4.22. The molecule has 4 aromatic rings. The molecular weight excluding hydrogens is 493 g/mol. The fraction of sp³-hybridized carbons (Fsp3) is 0.240. The Kier molecular flexibility index (Phi) is 7.56. The van der Waals surface area contributed by atoms with Crippen molar-refractivity contribution >= 4 is 11.6 Å². The highest BCUT2D eigenvalue weighted by atomic mass is 35.5. The summed E-state index contributed by atoms with van der Waals surface area (Å²) >= 11 is 5.93. The van der Waals surface area contributed by atoms with Crippen LogP contribution in [0.3, 0.4) is 0 Å². The minimum atomic E-state index is -0.603. The van der Waals surface area contributed by atoms with E-state index in [-0.39, 0.29) is 52.3 Å². The summed E-state index contributed by atoms with van der Waals surface area (Å²) in [7, 11) is 2.71. The van der Waals surface area contributed by atoms with Crippen molar-refractivity contribution in [3.8, 4) is 45.7 Å². The average molecular weight is 516 g/mol. The number of halogens is 2. The van der Waals surface area contributed by atoms with Gasteiger partial charge >= 0.3 is 0 Å². The Hall–Kier alpha value is -3.89. The molecule has 36 heavy (non-hydrogen) atoms. The first kappa shape index (κ1) is 25.2. The molecule has 0 radical (unpaired) electrons. The van der Waals surface area contributed by atoms with Crippen molar-refractivity contribution in [3.05, 3.63) is 64.4 Å². The number of ether oxygens (including phenoxy) is 3. The third kappa shape index (κ3) is 5.05. The highest BCUT2D eigenvalue weighted by molar-refractivity contribution is 6.30. The zero-order valence-electron chi connectivity index (χ0n) is 19.7. The molecule has 0 fully saturated rings. The normalized spacial score (nSPS) is 11.0. The van der Waals surface area contributed by atoms with Crippen LogP contribution in [0.15, 0.2) is 40.8 Å². The first-order chi connectivity index (χ1) is 17.4. The zero-order valence-corrected chi connectivity index (χ0v) is 20.5. The van der Waals surface area contributed by atoms with E-state index >= 15 is 0 Å². The summed E-state index contributed by atoms with van der Waals surface area (Å²) in [5, 5.41) is 30.7. The van der Waals surface area contributed by atoms with E-state index in [2.05, 4.69) is 15.2 Å². The molecule has 0 saturated heterocycles. The molecule has 0 aliphatic rings. The smallest absolute Gasteiger partial charge is 0.257 e. The molecule has 0 spiro atoms. The van der Waals surface area contributed by atoms with Gasteiger partial charge in [-0.15, -0.1) is 10.2 Å². The van der Waals surface area contributed by atoms with Crippen LogP contribution in [-0.4, -0.2) is 46.2 Å². The van der Waals surface area contributed by atoms with E-state index in [1.807, 2.05) is 12.1 Å². The fourth-order valence-electron chi connectivity index (χ4n) is 3.70. The predicted molar refractivity (Wildman–Crippen MR) is 129 cm³/mol. The van der Waals surface area contributed by atoms with E-state index < -0.39 is 17.4 Å². The number of benzene rings is 2. The number of hydrogen-bond donors (Lipinski definition) is 2. The summed E-state index contributed by atoms with van der Waals surface area (Å²) in [6.07, 6.45) is 0.300. The van der Waals surface area contributed by atoms with Gasteiger partial charge in [-0.2, -0.15) is 0 Å². The predicted octanol–water partition coefficient (Wildman–Crippen LogP) is 5.15. The molecule has 2 aromatic heterocycles. The van der Waals surface area contributed by atoms with Gasteiger partial charge in [-0.1, -0.05) is 23.7 Å². The second-order valence-electron chi connectivity index (χ2n) is 7.61. The minimum Gasteiger partial charge on any atom is -0.506 e. The Balaban J connectivity index is 1.87.